The molecule has 6 heteroatoms. The molecule has 0 aliphatic rings. The van der Waals surface area contributed by atoms with Gasteiger partial charge >= 0.3 is 0 Å². The van der Waals surface area contributed by atoms with Crippen LogP contribution in [0.1, 0.15) is 5.56 Å². The zero-order chi connectivity index (χ0) is 49.0. The van der Waals surface area contributed by atoms with Crippen molar-refractivity contribution >= 4 is 92.9 Å². The maximum absolute atomic E-state index is 11.3. The average Bonchev–Trinajstić information content (AvgIpc) is 4.21. The van der Waals surface area contributed by atoms with Gasteiger partial charge in [0.25, 0.3) is 0 Å². The van der Waals surface area contributed by atoms with Crippen LogP contribution in [0.2, 0.25) is 0 Å². The molecule has 0 saturated heterocycles. The average molecular weight is 941 g/mol. The number of para-hydroxylation sites is 6. The molecule has 0 aliphatic carbocycles. The first kappa shape index (κ1) is 41.4. The van der Waals surface area contributed by atoms with Crippen molar-refractivity contribution in [2.24, 2.45) is 0 Å². The van der Waals surface area contributed by atoms with Crippen LogP contribution in [0.25, 0.3) is 137 Å². The van der Waals surface area contributed by atoms with Crippen LogP contribution in [0.15, 0.2) is 243 Å². The zero-order valence-corrected chi connectivity index (χ0v) is 39.8. The van der Waals surface area contributed by atoms with Gasteiger partial charge in [0.05, 0.1) is 67.6 Å². The van der Waals surface area contributed by atoms with Gasteiger partial charge in [-0.2, -0.15) is 5.26 Å². The molecule has 0 N–H and O–H groups in total. The number of nitriles is 1. The van der Waals surface area contributed by atoms with Gasteiger partial charge in [-0.25, -0.2) is 4.85 Å². The molecule has 0 aliphatic heterocycles. The predicted molar refractivity (Wildman–Crippen MR) is 306 cm³/mol. The Morgan fingerprint density at radius 1 is 0.324 bits per heavy atom. The first-order chi connectivity index (χ1) is 36.7. The monoisotopic (exact) mass is 940 g/mol. The molecule has 6 nitrogen and oxygen atoms in total. The SMILES string of the molecule is [C-]#[N+]c1cc(-n2c3ccccc3c3c(-c4ccc5c6ccccc6n(-c6ccccc6)c5c4)cccc32)c(C#N)cc1-n1c2ccccc2c2c(-c3ccc4c5ccccc5n(-c5ccccc5)c4c3)cccc21. The maximum Gasteiger partial charge on any atom is 0.212 e. The smallest absolute Gasteiger partial charge is 0.212 e. The van der Waals surface area contributed by atoms with Crippen LogP contribution in [0.4, 0.5) is 5.69 Å². The van der Waals surface area contributed by atoms with Crippen molar-refractivity contribution in [2.45, 2.75) is 0 Å². The largest absolute Gasteiger partial charge is 0.319 e. The summed E-state index contributed by atoms with van der Waals surface area (Å²) in [4.78, 5) is 4.27. The lowest BCUT2D eigenvalue weighted by Crippen LogP contribution is -2.01. The second-order valence-corrected chi connectivity index (χ2v) is 19.0. The van der Waals surface area contributed by atoms with Crippen molar-refractivity contribution in [2.75, 3.05) is 0 Å². The van der Waals surface area contributed by atoms with Gasteiger partial charge in [0.2, 0.25) is 5.69 Å². The van der Waals surface area contributed by atoms with Crippen molar-refractivity contribution in [3.63, 3.8) is 0 Å². The quantitative estimate of drug-likeness (QED) is 0.153. The maximum atomic E-state index is 11.3. The van der Waals surface area contributed by atoms with Gasteiger partial charge in [0.1, 0.15) is 6.07 Å². The highest BCUT2D eigenvalue weighted by atomic mass is 15.0. The highest BCUT2D eigenvalue weighted by Gasteiger charge is 2.24. The summed E-state index contributed by atoms with van der Waals surface area (Å²) >= 11 is 0. The Balaban J connectivity index is 0.923. The van der Waals surface area contributed by atoms with Crippen LogP contribution in [0.5, 0.6) is 0 Å². The number of hydrogen-bond acceptors (Lipinski definition) is 1. The second-order valence-electron chi connectivity index (χ2n) is 19.0. The fourth-order valence-electron chi connectivity index (χ4n) is 12.1. The Bertz CT molecular complexity index is 4600. The molecule has 4 aromatic heterocycles. The highest BCUT2D eigenvalue weighted by molar-refractivity contribution is 6.19. The molecule has 0 saturated carbocycles. The van der Waals surface area contributed by atoms with Gasteiger partial charge in [0.15, 0.2) is 0 Å². The highest BCUT2D eigenvalue weighted by Crippen LogP contribution is 2.46. The first-order valence-electron chi connectivity index (χ1n) is 24.9. The fourth-order valence-corrected chi connectivity index (χ4v) is 12.1. The summed E-state index contributed by atoms with van der Waals surface area (Å²) < 4.78 is 9.07. The Kier molecular flexibility index (Phi) is 8.99. The van der Waals surface area contributed by atoms with Crippen molar-refractivity contribution in [1.82, 2.24) is 18.3 Å². The minimum Gasteiger partial charge on any atom is -0.319 e. The third kappa shape index (κ3) is 5.91. The van der Waals surface area contributed by atoms with Gasteiger partial charge in [-0.05, 0) is 107 Å². The summed E-state index contributed by atoms with van der Waals surface area (Å²) in [5, 5.41) is 20.4. The minimum absolute atomic E-state index is 0.446. The van der Waals surface area contributed by atoms with Crippen LogP contribution in [0.3, 0.4) is 0 Å². The fraction of sp³-hybridized carbons (Fsp3) is 0. The molecule has 0 atom stereocenters. The molecule has 15 aromatic rings. The number of fused-ring (bicyclic) bond motifs is 12. The summed E-state index contributed by atoms with van der Waals surface area (Å²) in [5.41, 5.74) is 17.2. The lowest BCUT2D eigenvalue weighted by atomic mass is 9.98. The summed E-state index contributed by atoms with van der Waals surface area (Å²) in [7, 11) is 0. The van der Waals surface area contributed by atoms with E-state index in [1.165, 1.54) is 21.5 Å². The number of nitrogens with zero attached hydrogens (tertiary/aromatic N) is 6. The van der Waals surface area contributed by atoms with Crippen LogP contribution in [0, 0.1) is 17.9 Å². The van der Waals surface area contributed by atoms with Crippen LogP contribution < -0.4 is 0 Å². The van der Waals surface area contributed by atoms with Crippen LogP contribution in [-0.4, -0.2) is 18.3 Å². The third-order valence-corrected chi connectivity index (χ3v) is 15.2. The normalized spacial score (nSPS) is 11.8. The molecule has 11 aromatic carbocycles. The van der Waals surface area contributed by atoms with Crippen molar-refractivity contribution in [3.05, 3.63) is 260 Å². The summed E-state index contributed by atoms with van der Waals surface area (Å²) in [6.07, 6.45) is 0. The molecule has 74 heavy (non-hydrogen) atoms. The van der Waals surface area contributed by atoms with E-state index in [1.54, 1.807) is 0 Å². The Labute approximate surface area is 425 Å². The molecule has 0 fully saturated rings. The number of rotatable bonds is 6. The van der Waals surface area contributed by atoms with E-state index >= 15 is 0 Å². The minimum atomic E-state index is 0.446. The molecule has 0 radical (unpaired) electrons. The summed E-state index contributed by atoms with van der Waals surface area (Å²) in [6, 6.07) is 88.1. The Morgan fingerprint density at radius 2 is 0.716 bits per heavy atom. The van der Waals surface area contributed by atoms with Gasteiger partial charge < -0.3 is 18.3 Å². The standard InChI is InChI=1S/C68H40N6/c1-70-56-41-63(73-59-30-14-10-24-54(59)67-48(26-16-32-61(67)73)43-34-36-52-50-22-8-12-28-57(50)71(64(52)38-43)46-18-4-2-5-19-46)45(42-69)40-66(56)74-60-31-15-11-25-55(60)68-49(27-17-33-62(68)74)44-35-37-53-51-23-9-13-29-58(51)72(65(53)39-44)47-20-6-3-7-21-47/h2-41H. The number of hydrogen-bond donors (Lipinski definition) is 0. The summed E-state index contributed by atoms with van der Waals surface area (Å²) in [5.74, 6) is 0. The van der Waals surface area contributed by atoms with E-state index in [0.29, 0.717) is 22.6 Å². The first-order valence-corrected chi connectivity index (χ1v) is 24.9. The molecular formula is C68H40N6. The molecule has 0 spiro atoms. The molecule has 0 bridgehead atoms. The van der Waals surface area contributed by atoms with Crippen LogP contribution in [-0.2, 0) is 0 Å². The molecule has 4 heterocycles. The molecular weight excluding hydrogens is 901 g/mol. The van der Waals surface area contributed by atoms with Gasteiger partial charge in [0, 0.05) is 54.5 Å². The molecule has 0 unspecified atom stereocenters. The van der Waals surface area contributed by atoms with E-state index in [-0.39, 0.29) is 0 Å². The van der Waals surface area contributed by atoms with E-state index in [1.807, 2.05) is 24.3 Å². The van der Waals surface area contributed by atoms with Gasteiger partial charge in [-0.15, -0.1) is 0 Å². The lowest BCUT2D eigenvalue weighted by molar-refractivity contribution is 1.14. The zero-order valence-electron chi connectivity index (χ0n) is 39.8. The molecule has 0 amide bonds. The molecule has 342 valence electrons. The number of benzene rings is 11. The molecule has 15 rings (SSSR count). The van der Waals surface area contributed by atoms with Gasteiger partial charge in [-0.3, -0.25) is 0 Å². The topological polar surface area (TPSA) is 47.9 Å². The summed E-state index contributed by atoms with van der Waals surface area (Å²) in [6.45, 7) is 8.82. The van der Waals surface area contributed by atoms with Crippen molar-refractivity contribution < 1.29 is 0 Å². The van der Waals surface area contributed by atoms with E-state index in [4.69, 9.17) is 6.57 Å². The lowest BCUT2D eigenvalue weighted by Gasteiger charge is -2.16. The third-order valence-electron chi connectivity index (χ3n) is 15.2. The van der Waals surface area contributed by atoms with Crippen molar-refractivity contribution in [3.8, 4) is 51.1 Å². The van der Waals surface area contributed by atoms with Gasteiger partial charge in [-0.1, -0.05) is 158 Å². The Morgan fingerprint density at radius 3 is 1.18 bits per heavy atom. The Hall–Kier alpha value is -10.4. The number of aromatic nitrogens is 4. The van der Waals surface area contributed by atoms with E-state index in [0.717, 1.165) is 99.3 Å². The van der Waals surface area contributed by atoms with E-state index in [2.05, 4.69) is 248 Å². The van der Waals surface area contributed by atoms with Crippen molar-refractivity contribution in [1.29, 1.82) is 5.26 Å². The van der Waals surface area contributed by atoms with Crippen LogP contribution >= 0.6 is 0 Å². The van der Waals surface area contributed by atoms with E-state index < -0.39 is 0 Å². The predicted octanol–water partition coefficient (Wildman–Crippen LogP) is 17.8. The van der Waals surface area contributed by atoms with E-state index in [9.17, 15) is 5.26 Å². The second kappa shape index (κ2) is 16.1.